The van der Waals surface area contributed by atoms with Gasteiger partial charge in [0, 0.05) is 19.6 Å². The van der Waals surface area contributed by atoms with E-state index in [9.17, 15) is 0 Å². The number of nitrogens with one attached hydrogen (secondary N) is 2. The number of aliphatic imine (C=N–C) groups is 2. The quantitative estimate of drug-likeness (QED) is 0.631. The van der Waals surface area contributed by atoms with Gasteiger partial charge in [0.2, 0.25) is 11.9 Å². The Morgan fingerprint density at radius 1 is 1.43 bits per heavy atom. The van der Waals surface area contributed by atoms with Gasteiger partial charge in [0.1, 0.15) is 0 Å². The van der Waals surface area contributed by atoms with E-state index >= 15 is 0 Å². The van der Waals surface area contributed by atoms with Gasteiger partial charge < -0.3 is 10.6 Å². The molecule has 2 aliphatic heterocycles. The first-order valence-corrected chi connectivity index (χ1v) is 5.26. The molecular weight excluding hydrogens is 178 g/mol. The predicted octanol–water partition coefficient (Wildman–Crippen LogP) is -0.383. The van der Waals surface area contributed by atoms with Crippen molar-refractivity contribution in [3.8, 4) is 0 Å². The molecule has 0 aromatic heterocycles. The van der Waals surface area contributed by atoms with E-state index in [-0.39, 0.29) is 0 Å². The van der Waals surface area contributed by atoms with Gasteiger partial charge in [0.15, 0.2) is 0 Å². The van der Waals surface area contributed by atoms with Gasteiger partial charge in [-0.3, -0.25) is 14.9 Å². The molecule has 0 saturated heterocycles. The van der Waals surface area contributed by atoms with Crippen molar-refractivity contribution in [3.63, 3.8) is 0 Å². The molecule has 0 atom stereocenters. The molecule has 2 aliphatic rings. The third-order valence-corrected chi connectivity index (χ3v) is 2.29. The fraction of sp³-hybridized carbons (Fsp3) is 0.778. The summed E-state index contributed by atoms with van der Waals surface area (Å²) in [6.07, 6.45) is 1.12. The summed E-state index contributed by atoms with van der Waals surface area (Å²) in [4.78, 5) is 10.9. The third-order valence-electron chi connectivity index (χ3n) is 2.29. The van der Waals surface area contributed by atoms with Gasteiger partial charge in [-0.05, 0) is 6.42 Å². The van der Waals surface area contributed by atoms with E-state index in [2.05, 4.69) is 32.4 Å². The lowest BCUT2D eigenvalue weighted by atomic mass is 10.5. The number of hydrogen-bond donors (Lipinski definition) is 2. The molecular formula is C9H17N5. The summed E-state index contributed by atoms with van der Waals surface area (Å²) in [6, 6.07) is 0. The second-order valence-corrected chi connectivity index (χ2v) is 3.42. The van der Waals surface area contributed by atoms with Crippen molar-refractivity contribution in [1.29, 1.82) is 0 Å². The van der Waals surface area contributed by atoms with E-state index in [1.54, 1.807) is 0 Å². The highest BCUT2D eigenvalue weighted by molar-refractivity contribution is 6.00. The van der Waals surface area contributed by atoms with Crippen molar-refractivity contribution >= 4 is 11.9 Å². The Kier molecular flexibility index (Phi) is 2.86. The Labute approximate surface area is 84.3 Å². The molecule has 2 N–H and O–H groups in total. The van der Waals surface area contributed by atoms with E-state index in [4.69, 9.17) is 0 Å². The molecule has 2 heterocycles. The van der Waals surface area contributed by atoms with Crippen LogP contribution in [0.4, 0.5) is 0 Å². The van der Waals surface area contributed by atoms with Gasteiger partial charge in [-0.2, -0.15) is 0 Å². The minimum absolute atomic E-state index is 0.868. The first kappa shape index (κ1) is 9.30. The molecule has 0 radical (unpaired) electrons. The largest absolute Gasteiger partial charge is 0.356 e. The fourth-order valence-electron chi connectivity index (χ4n) is 1.61. The summed E-state index contributed by atoms with van der Waals surface area (Å²) in [5, 5.41) is 6.57. The van der Waals surface area contributed by atoms with Crippen LogP contribution in [0.25, 0.3) is 0 Å². The lowest BCUT2D eigenvalue weighted by Crippen LogP contribution is -2.46. The lowest BCUT2D eigenvalue weighted by Gasteiger charge is -2.20. The molecule has 14 heavy (non-hydrogen) atoms. The van der Waals surface area contributed by atoms with Crippen LogP contribution in [0.2, 0.25) is 0 Å². The molecule has 0 spiro atoms. The van der Waals surface area contributed by atoms with Gasteiger partial charge in [0.05, 0.1) is 13.1 Å². The Hall–Kier alpha value is -1.26. The molecule has 5 heteroatoms. The Bertz CT molecular complexity index is 258. The normalized spacial score (nSPS) is 20.5. The van der Waals surface area contributed by atoms with E-state index in [0.717, 1.165) is 51.1 Å². The van der Waals surface area contributed by atoms with Crippen LogP contribution in [0, 0.1) is 0 Å². The summed E-state index contributed by atoms with van der Waals surface area (Å²) < 4.78 is 0. The summed E-state index contributed by atoms with van der Waals surface area (Å²) in [7, 11) is 0. The Balaban J connectivity index is 1.95. The highest BCUT2D eigenvalue weighted by Crippen LogP contribution is 2.02. The number of rotatable bonds is 2. The highest BCUT2D eigenvalue weighted by atomic mass is 15.4. The fourth-order valence-corrected chi connectivity index (χ4v) is 1.61. The summed E-state index contributed by atoms with van der Waals surface area (Å²) >= 11 is 0. The maximum absolute atomic E-state index is 4.41. The SMILES string of the molecule is CCCNC1=NCCN1C1=NCCN1. The van der Waals surface area contributed by atoms with Gasteiger partial charge in [-0.25, -0.2) is 0 Å². The molecule has 0 saturated carbocycles. The van der Waals surface area contributed by atoms with Crippen molar-refractivity contribution < 1.29 is 0 Å². The van der Waals surface area contributed by atoms with Gasteiger partial charge in [-0.15, -0.1) is 0 Å². The van der Waals surface area contributed by atoms with Crippen LogP contribution in [0.3, 0.4) is 0 Å². The highest BCUT2D eigenvalue weighted by Gasteiger charge is 2.22. The third kappa shape index (κ3) is 1.81. The minimum atomic E-state index is 0.868. The smallest absolute Gasteiger partial charge is 0.201 e. The standard InChI is InChI=1S/C9H17N5/c1-2-3-10-8-13-6-7-14(8)9-11-4-5-12-9/h2-7H2,1H3,(H,10,13)(H,11,12). The van der Waals surface area contributed by atoms with Crippen LogP contribution < -0.4 is 10.6 Å². The summed E-state index contributed by atoms with van der Waals surface area (Å²) in [5.41, 5.74) is 0. The molecule has 0 amide bonds. The van der Waals surface area contributed by atoms with Crippen molar-refractivity contribution in [2.45, 2.75) is 13.3 Å². The van der Waals surface area contributed by atoms with Gasteiger partial charge in [-0.1, -0.05) is 6.92 Å². The van der Waals surface area contributed by atoms with E-state index in [0.29, 0.717) is 0 Å². The van der Waals surface area contributed by atoms with Crippen LogP contribution in [0.15, 0.2) is 9.98 Å². The monoisotopic (exact) mass is 195 g/mol. The molecule has 0 aliphatic carbocycles. The molecule has 2 rings (SSSR count). The topological polar surface area (TPSA) is 52.0 Å². The number of guanidine groups is 2. The van der Waals surface area contributed by atoms with Crippen LogP contribution in [0.5, 0.6) is 0 Å². The molecule has 0 unspecified atom stereocenters. The maximum atomic E-state index is 4.41. The van der Waals surface area contributed by atoms with Gasteiger partial charge >= 0.3 is 0 Å². The van der Waals surface area contributed by atoms with Crippen molar-refractivity contribution in [3.05, 3.63) is 0 Å². The molecule has 0 aromatic rings. The molecule has 0 fully saturated rings. The van der Waals surface area contributed by atoms with Crippen molar-refractivity contribution in [1.82, 2.24) is 15.5 Å². The van der Waals surface area contributed by atoms with Crippen LogP contribution in [-0.2, 0) is 0 Å². The molecule has 0 aromatic carbocycles. The maximum Gasteiger partial charge on any atom is 0.201 e. The van der Waals surface area contributed by atoms with Crippen molar-refractivity contribution in [2.24, 2.45) is 9.98 Å². The number of hydrogen-bond acceptors (Lipinski definition) is 5. The lowest BCUT2D eigenvalue weighted by molar-refractivity contribution is 0.615. The predicted molar refractivity (Wildman–Crippen MR) is 57.6 cm³/mol. The average Bonchev–Trinajstić information content (AvgIpc) is 2.84. The zero-order chi connectivity index (χ0) is 9.80. The minimum Gasteiger partial charge on any atom is -0.356 e. The number of nitrogens with zero attached hydrogens (tertiary/aromatic N) is 3. The first-order valence-electron chi connectivity index (χ1n) is 5.26. The van der Waals surface area contributed by atoms with Crippen LogP contribution in [-0.4, -0.2) is 49.5 Å². The Morgan fingerprint density at radius 2 is 2.36 bits per heavy atom. The van der Waals surface area contributed by atoms with E-state index in [1.165, 1.54) is 0 Å². The summed E-state index contributed by atoms with van der Waals surface area (Å²) in [5.74, 6) is 1.95. The first-order chi connectivity index (χ1) is 6.92. The second kappa shape index (κ2) is 4.30. The van der Waals surface area contributed by atoms with Crippen LogP contribution in [0.1, 0.15) is 13.3 Å². The van der Waals surface area contributed by atoms with E-state index < -0.39 is 0 Å². The van der Waals surface area contributed by atoms with Crippen molar-refractivity contribution in [2.75, 3.05) is 32.7 Å². The zero-order valence-corrected chi connectivity index (χ0v) is 8.58. The molecule has 0 bridgehead atoms. The second-order valence-electron chi connectivity index (χ2n) is 3.42. The average molecular weight is 195 g/mol. The summed E-state index contributed by atoms with van der Waals surface area (Å²) in [6.45, 7) is 6.77. The Morgan fingerprint density at radius 3 is 3.07 bits per heavy atom. The molecule has 5 nitrogen and oxygen atoms in total. The van der Waals surface area contributed by atoms with E-state index in [1.807, 2.05) is 0 Å². The molecule has 78 valence electrons. The zero-order valence-electron chi connectivity index (χ0n) is 8.58. The van der Waals surface area contributed by atoms with Crippen LogP contribution >= 0.6 is 0 Å². The van der Waals surface area contributed by atoms with Gasteiger partial charge in [0.25, 0.3) is 0 Å².